The van der Waals surface area contributed by atoms with Crippen molar-refractivity contribution in [1.82, 2.24) is 4.90 Å². The standard InChI is InChI=1S/C14H16ClNO3S2/c1-2-13-16(11(7-21-13)14(18)19)12(17)8-20-10-5-3-9(15)4-6-10/h3-6,11,13H,2,7-8H2,1H3,(H,18,19). The molecule has 21 heavy (non-hydrogen) atoms. The van der Waals surface area contributed by atoms with Crippen LogP contribution < -0.4 is 0 Å². The van der Waals surface area contributed by atoms with Gasteiger partial charge in [-0.2, -0.15) is 0 Å². The third kappa shape index (κ3) is 4.08. The number of amides is 1. The van der Waals surface area contributed by atoms with Gasteiger partial charge in [0.25, 0.3) is 0 Å². The first kappa shape index (κ1) is 16.5. The minimum absolute atomic E-state index is 0.0376. The summed E-state index contributed by atoms with van der Waals surface area (Å²) in [4.78, 5) is 26.1. The Labute approximate surface area is 137 Å². The molecule has 1 aliphatic heterocycles. The highest BCUT2D eigenvalue weighted by Gasteiger charge is 2.40. The van der Waals surface area contributed by atoms with E-state index in [4.69, 9.17) is 11.6 Å². The Morgan fingerprint density at radius 2 is 2.10 bits per heavy atom. The zero-order valence-corrected chi connectivity index (χ0v) is 13.9. The minimum Gasteiger partial charge on any atom is -0.480 e. The summed E-state index contributed by atoms with van der Waals surface area (Å²) in [5.41, 5.74) is 0. The summed E-state index contributed by atoms with van der Waals surface area (Å²) in [7, 11) is 0. The second-order valence-electron chi connectivity index (χ2n) is 4.59. The zero-order chi connectivity index (χ0) is 15.4. The molecule has 1 N–H and O–H groups in total. The molecule has 1 aromatic carbocycles. The second kappa shape index (κ2) is 7.42. The summed E-state index contributed by atoms with van der Waals surface area (Å²) in [6.07, 6.45) is 0.756. The van der Waals surface area contributed by atoms with E-state index in [0.29, 0.717) is 10.8 Å². The van der Waals surface area contributed by atoms with Crippen LogP contribution >= 0.6 is 35.1 Å². The molecule has 0 aromatic heterocycles. The number of halogens is 1. The number of carboxylic acids is 1. The second-order valence-corrected chi connectivity index (χ2v) is 7.29. The predicted octanol–water partition coefficient (Wildman–Crippen LogP) is 3.20. The number of hydrogen-bond acceptors (Lipinski definition) is 4. The normalized spacial score (nSPS) is 21.5. The highest BCUT2D eigenvalue weighted by atomic mass is 35.5. The maximum Gasteiger partial charge on any atom is 0.327 e. The van der Waals surface area contributed by atoms with Gasteiger partial charge < -0.3 is 10.0 Å². The fourth-order valence-electron chi connectivity index (χ4n) is 2.15. The number of benzene rings is 1. The van der Waals surface area contributed by atoms with E-state index in [1.54, 1.807) is 12.1 Å². The number of carbonyl (C=O) groups is 2. The highest BCUT2D eigenvalue weighted by molar-refractivity contribution is 8.00. The van der Waals surface area contributed by atoms with Gasteiger partial charge in [-0.25, -0.2) is 4.79 Å². The molecule has 1 fully saturated rings. The van der Waals surface area contributed by atoms with Gasteiger partial charge in [-0.05, 0) is 30.7 Å². The molecule has 0 saturated carbocycles. The Kier molecular flexibility index (Phi) is 5.84. The van der Waals surface area contributed by atoms with Gasteiger partial charge in [0.15, 0.2) is 0 Å². The van der Waals surface area contributed by atoms with Gasteiger partial charge in [-0.1, -0.05) is 18.5 Å². The van der Waals surface area contributed by atoms with Gasteiger partial charge >= 0.3 is 5.97 Å². The quantitative estimate of drug-likeness (QED) is 0.830. The van der Waals surface area contributed by atoms with Crippen molar-refractivity contribution >= 4 is 47.0 Å². The van der Waals surface area contributed by atoms with Crippen LogP contribution in [0.4, 0.5) is 0 Å². The molecular formula is C14H16ClNO3S2. The van der Waals surface area contributed by atoms with E-state index in [1.807, 2.05) is 19.1 Å². The van der Waals surface area contributed by atoms with E-state index in [-0.39, 0.29) is 17.0 Å². The van der Waals surface area contributed by atoms with Crippen LogP contribution in [0.15, 0.2) is 29.2 Å². The number of aliphatic carboxylic acids is 1. The molecular weight excluding hydrogens is 330 g/mol. The Morgan fingerprint density at radius 3 is 2.67 bits per heavy atom. The number of carbonyl (C=O) groups excluding carboxylic acids is 1. The topological polar surface area (TPSA) is 57.6 Å². The number of thioether (sulfide) groups is 2. The molecule has 4 nitrogen and oxygen atoms in total. The van der Waals surface area contributed by atoms with Crippen LogP contribution in [0.1, 0.15) is 13.3 Å². The van der Waals surface area contributed by atoms with Crippen LogP contribution in [-0.4, -0.2) is 44.8 Å². The maximum atomic E-state index is 12.4. The van der Waals surface area contributed by atoms with Crippen molar-refractivity contribution in [1.29, 1.82) is 0 Å². The minimum atomic E-state index is -0.928. The number of hydrogen-bond donors (Lipinski definition) is 1. The van der Waals surface area contributed by atoms with Crippen LogP contribution in [0, 0.1) is 0 Å². The van der Waals surface area contributed by atoms with Crippen LogP contribution in [0.2, 0.25) is 5.02 Å². The Bertz CT molecular complexity index is 523. The Hall–Kier alpha value is -0.850. The first-order chi connectivity index (χ1) is 10.0. The average Bonchev–Trinajstić information content (AvgIpc) is 2.90. The van der Waals surface area contributed by atoms with Crippen LogP contribution in [0.3, 0.4) is 0 Å². The molecule has 7 heteroatoms. The summed E-state index contributed by atoms with van der Waals surface area (Å²) in [5.74, 6) is -0.351. The van der Waals surface area contributed by atoms with Crippen LogP contribution in [-0.2, 0) is 9.59 Å². The molecule has 1 amide bonds. The van der Waals surface area contributed by atoms with Gasteiger partial charge in [0, 0.05) is 15.7 Å². The van der Waals surface area contributed by atoms with Crippen molar-refractivity contribution in [3.8, 4) is 0 Å². The average molecular weight is 346 g/mol. The zero-order valence-electron chi connectivity index (χ0n) is 11.5. The molecule has 1 heterocycles. The van der Waals surface area contributed by atoms with Gasteiger partial charge in [0.05, 0.1) is 11.1 Å². The molecule has 1 saturated heterocycles. The van der Waals surface area contributed by atoms with E-state index >= 15 is 0 Å². The lowest BCUT2D eigenvalue weighted by Gasteiger charge is -2.26. The van der Waals surface area contributed by atoms with Gasteiger partial charge in [0.2, 0.25) is 5.91 Å². The third-order valence-corrected chi connectivity index (χ3v) is 5.89. The largest absolute Gasteiger partial charge is 0.480 e. The predicted molar refractivity (Wildman–Crippen MR) is 87.0 cm³/mol. The molecule has 2 atom stereocenters. The lowest BCUT2D eigenvalue weighted by molar-refractivity contribution is -0.148. The molecule has 2 rings (SSSR count). The number of carboxylic acid groups (broad SMARTS) is 1. The number of rotatable bonds is 5. The monoisotopic (exact) mass is 345 g/mol. The maximum absolute atomic E-state index is 12.4. The number of nitrogens with zero attached hydrogens (tertiary/aromatic N) is 1. The molecule has 114 valence electrons. The van der Waals surface area contributed by atoms with Gasteiger partial charge in [-0.3, -0.25) is 4.79 Å². The molecule has 2 unspecified atom stereocenters. The lowest BCUT2D eigenvalue weighted by atomic mass is 10.2. The summed E-state index contributed by atoms with van der Waals surface area (Å²) < 4.78 is 0. The molecule has 0 radical (unpaired) electrons. The first-order valence-corrected chi connectivity index (χ1v) is 8.98. The Balaban J connectivity index is 2.00. The summed E-state index contributed by atoms with van der Waals surface area (Å²) in [5, 5.41) is 9.85. The van der Waals surface area contributed by atoms with Crippen LogP contribution in [0.25, 0.3) is 0 Å². The fraction of sp³-hybridized carbons (Fsp3) is 0.429. The van der Waals surface area contributed by atoms with Crippen molar-refractivity contribution in [3.05, 3.63) is 29.3 Å². The van der Waals surface area contributed by atoms with E-state index in [9.17, 15) is 14.7 Å². The van der Waals surface area contributed by atoms with Crippen molar-refractivity contribution in [2.75, 3.05) is 11.5 Å². The van der Waals surface area contributed by atoms with Crippen molar-refractivity contribution in [3.63, 3.8) is 0 Å². The summed E-state index contributed by atoms with van der Waals surface area (Å²) in [6.45, 7) is 1.97. The van der Waals surface area contributed by atoms with E-state index in [0.717, 1.165) is 11.3 Å². The molecule has 0 bridgehead atoms. The van der Waals surface area contributed by atoms with Crippen LogP contribution in [0.5, 0.6) is 0 Å². The van der Waals surface area contributed by atoms with Crippen molar-refractivity contribution in [2.45, 2.75) is 29.7 Å². The summed E-state index contributed by atoms with van der Waals surface area (Å²) >= 11 is 8.75. The molecule has 1 aliphatic rings. The van der Waals surface area contributed by atoms with Gasteiger partial charge in [0.1, 0.15) is 6.04 Å². The smallest absolute Gasteiger partial charge is 0.327 e. The third-order valence-electron chi connectivity index (χ3n) is 3.19. The van der Waals surface area contributed by atoms with E-state index in [1.165, 1.54) is 28.4 Å². The highest BCUT2D eigenvalue weighted by Crippen LogP contribution is 2.32. The molecule has 0 aliphatic carbocycles. The first-order valence-electron chi connectivity index (χ1n) is 6.57. The fourth-order valence-corrected chi connectivity index (χ4v) is 4.42. The van der Waals surface area contributed by atoms with E-state index < -0.39 is 12.0 Å². The lowest BCUT2D eigenvalue weighted by Crippen LogP contribution is -2.46. The van der Waals surface area contributed by atoms with Gasteiger partial charge in [-0.15, -0.1) is 23.5 Å². The SMILES string of the molecule is CCC1SCC(C(=O)O)N1C(=O)CSc1ccc(Cl)cc1. The van der Waals surface area contributed by atoms with E-state index in [2.05, 4.69) is 0 Å². The van der Waals surface area contributed by atoms with Crippen molar-refractivity contribution < 1.29 is 14.7 Å². The van der Waals surface area contributed by atoms with Crippen molar-refractivity contribution in [2.24, 2.45) is 0 Å². The molecule has 1 aromatic rings. The summed E-state index contributed by atoms with van der Waals surface area (Å²) in [6, 6.07) is 6.54. The molecule has 0 spiro atoms. The Morgan fingerprint density at radius 1 is 1.43 bits per heavy atom.